The minimum absolute atomic E-state index is 0.0260. The predicted octanol–water partition coefficient (Wildman–Crippen LogP) is 1.84. The number of nitrogens with one attached hydrogen (secondary N) is 1. The topological polar surface area (TPSA) is 58.1 Å². The van der Waals surface area contributed by atoms with E-state index in [9.17, 15) is 4.79 Å². The van der Waals surface area contributed by atoms with Gasteiger partial charge in [0.2, 0.25) is 10.1 Å². The molecule has 1 aliphatic heterocycles. The third-order valence-electron chi connectivity index (χ3n) is 3.13. The average molecular weight is 254 g/mol. The van der Waals surface area contributed by atoms with Crippen LogP contribution in [0.15, 0.2) is 0 Å². The minimum atomic E-state index is 0.0260. The first-order chi connectivity index (χ1) is 8.20. The van der Waals surface area contributed by atoms with E-state index in [0.29, 0.717) is 10.1 Å². The summed E-state index contributed by atoms with van der Waals surface area (Å²) in [4.78, 5) is 14.1. The Kier molecular flexibility index (Phi) is 3.93. The lowest BCUT2D eigenvalue weighted by Crippen LogP contribution is -2.31. The largest absolute Gasteiger partial charge is 0.363 e. The van der Waals surface area contributed by atoms with Crippen molar-refractivity contribution in [3.8, 4) is 0 Å². The SMILES string of the molecule is CNc1nnc(C(=O)N2CCCC(C)CC2)s1. The molecule has 0 radical (unpaired) electrons. The molecule has 1 fully saturated rings. The van der Waals surface area contributed by atoms with Crippen LogP contribution in [0.2, 0.25) is 0 Å². The second-order valence-electron chi connectivity index (χ2n) is 4.49. The standard InChI is InChI=1S/C11H18N4OS/c1-8-4-3-6-15(7-5-8)10(16)9-13-14-11(12-2)17-9/h8H,3-7H2,1-2H3,(H,12,14). The van der Waals surface area contributed by atoms with Gasteiger partial charge in [-0.1, -0.05) is 18.3 Å². The molecule has 5 nitrogen and oxygen atoms in total. The molecule has 0 aliphatic carbocycles. The monoisotopic (exact) mass is 254 g/mol. The molecule has 1 saturated heterocycles. The van der Waals surface area contributed by atoms with Crippen LogP contribution in [0.4, 0.5) is 5.13 Å². The number of anilines is 1. The molecule has 1 aliphatic rings. The molecule has 1 aromatic rings. The summed E-state index contributed by atoms with van der Waals surface area (Å²) in [5.41, 5.74) is 0. The number of rotatable bonds is 2. The van der Waals surface area contributed by atoms with Gasteiger partial charge in [0.15, 0.2) is 0 Å². The number of aromatic nitrogens is 2. The summed E-state index contributed by atoms with van der Waals surface area (Å²) in [6, 6.07) is 0. The number of hydrogen-bond donors (Lipinski definition) is 1. The lowest BCUT2D eigenvalue weighted by molar-refractivity contribution is 0.0759. The van der Waals surface area contributed by atoms with E-state index in [4.69, 9.17) is 0 Å². The molecule has 2 heterocycles. The normalized spacial score (nSPS) is 21.1. The maximum atomic E-state index is 12.2. The fourth-order valence-electron chi connectivity index (χ4n) is 2.01. The van der Waals surface area contributed by atoms with Gasteiger partial charge in [0.25, 0.3) is 5.91 Å². The summed E-state index contributed by atoms with van der Waals surface area (Å²) in [6.45, 7) is 3.93. The van der Waals surface area contributed by atoms with Crippen LogP contribution in [0.5, 0.6) is 0 Å². The zero-order chi connectivity index (χ0) is 12.3. The first-order valence-corrected chi connectivity index (χ1v) is 6.83. The minimum Gasteiger partial charge on any atom is -0.363 e. The average Bonchev–Trinajstić information content (AvgIpc) is 2.71. The fourth-order valence-corrected chi connectivity index (χ4v) is 2.68. The maximum absolute atomic E-state index is 12.2. The predicted molar refractivity (Wildman–Crippen MR) is 68.4 cm³/mol. The Morgan fingerprint density at radius 1 is 1.41 bits per heavy atom. The van der Waals surface area contributed by atoms with Gasteiger partial charge < -0.3 is 10.2 Å². The van der Waals surface area contributed by atoms with Crippen molar-refractivity contribution < 1.29 is 4.79 Å². The van der Waals surface area contributed by atoms with E-state index in [-0.39, 0.29) is 5.91 Å². The third kappa shape index (κ3) is 2.94. The molecule has 1 N–H and O–H groups in total. The zero-order valence-electron chi connectivity index (χ0n) is 10.3. The van der Waals surface area contributed by atoms with Crippen molar-refractivity contribution in [3.63, 3.8) is 0 Å². The molecule has 2 rings (SSSR count). The summed E-state index contributed by atoms with van der Waals surface area (Å²) in [6.07, 6.45) is 3.38. The lowest BCUT2D eigenvalue weighted by Gasteiger charge is -2.18. The Morgan fingerprint density at radius 3 is 2.94 bits per heavy atom. The maximum Gasteiger partial charge on any atom is 0.284 e. The van der Waals surface area contributed by atoms with E-state index in [1.165, 1.54) is 17.8 Å². The van der Waals surface area contributed by atoms with Gasteiger partial charge >= 0.3 is 0 Å². The van der Waals surface area contributed by atoms with Gasteiger partial charge in [-0.05, 0) is 25.2 Å². The molecule has 1 amide bonds. The molecular weight excluding hydrogens is 236 g/mol. The van der Waals surface area contributed by atoms with E-state index < -0.39 is 0 Å². The second-order valence-corrected chi connectivity index (χ2v) is 5.47. The smallest absolute Gasteiger partial charge is 0.284 e. The number of hydrogen-bond acceptors (Lipinski definition) is 5. The van der Waals surface area contributed by atoms with Crippen molar-refractivity contribution in [2.75, 3.05) is 25.5 Å². The lowest BCUT2D eigenvalue weighted by atomic mass is 10.0. The molecule has 6 heteroatoms. The molecule has 0 bridgehead atoms. The van der Waals surface area contributed by atoms with E-state index in [1.54, 1.807) is 7.05 Å². The van der Waals surface area contributed by atoms with Crippen molar-refractivity contribution in [2.24, 2.45) is 5.92 Å². The highest BCUT2D eigenvalue weighted by molar-refractivity contribution is 7.17. The molecule has 1 aromatic heterocycles. The molecule has 1 atom stereocenters. The summed E-state index contributed by atoms with van der Waals surface area (Å²) in [7, 11) is 1.78. The Bertz CT molecular complexity index is 393. The van der Waals surface area contributed by atoms with Crippen molar-refractivity contribution in [3.05, 3.63) is 5.01 Å². The highest BCUT2D eigenvalue weighted by Crippen LogP contribution is 2.20. The van der Waals surface area contributed by atoms with Gasteiger partial charge in [0, 0.05) is 20.1 Å². The van der Waals surface area contributed by atoms with Crippen LogP contribution in [-0.2, 0) is 0 Å². The number of amides is 1. The van der Waals surface area contributed by atoms with Crippen LogP contribution < -0.4 is 5.32 Å². The molecular formula is C11H18N4OS. The molecule has 94 valence electrons. The van der Waals surface area contributed by atoms with Crippen LogP contribution in [0, 0.1) is 5.92 Å². The van der Waals surface area contributed by atoms with Crippen LogP contribution in [-0.4, -0.2) is 41.1 Å². The summed E-state index contributed by atoms with van der Waals surface area (Å²) >= 11 is 1.32. The number of nitrogens with zero attached hydrogens (tertiary/aromatic N) is 3. The van der Waals surface area contributed by atoms with Crippen molar-refractivity contribution in [1.29, 1.82) is 0 Å². The Labute approximate surface area is 105 Å². The highest BCUT2D eigenvalue weighted by atomic mass is 32.1. The van der Waals surface area contributed by atoms with E-state index in [2.05, 4.69) is 22.4 Å². The number of carbonyl (C=O) groups excluding carboxylic acids is 1. The Balaban J connectivity index is 2.03. The van der Waals surface area contributed by atoms with Gasteiger partial charge in [0.1, 0.15) is 0 Å². The second kappa shape index (κ2) is 5.44. The molecule has 0 spiro atoms. The van der Waals surface area contributed by atoms with Crippen LogP contribution >= 0.6 is 11.3 Å². The number of likely N-dealkylation sites (tertiary alicyclic amines) is 1. The van der Waals surface area contributed by atoms with Crippen LogP contribution in [0.3, 0.4) is 0 Å². The van der Waals surface area contributed by atoms with Crippen molar-refractivity contribution >= 4 is 22.4 Å². The Hall–Kier alpha value is -1.17. The molecule has 1 unspecified atom stereocenters. The number of carbonyl (C=O) groups is 1. The van der Waals surface area contributed by atoms with E-state index in [1.807, 2.05) is 4.90 Å². The van der Waals surface area contributed by atoms with Gasteiger partial charge in [-0.25, -0.2) is 0 Å². The first kappa shape index (κ1) is 12.3. The van der Waals surface area contributed by atoms with Gasteiger partial charge in [-0.2, -0.15) is 0 Å². The van der Waals surface area contributed by atoms with Gasteiger partial charge in [-0.15, -0.1) is 10.2 Å². The fraction of sp³-hybridized carbons (Fsp3) is 0.727. The zero-order valence-corrected chi connectivity index (χ0v) is 11.1. The first-order valence-electron chi connectivity index (χ1n) is 6.01. The van der Waals surface area contributed by atoms with Crippen LogP contribution in [0.25, 0.3) is 0 Å². The molecule has 0 aromatic carbocycles. The van der Waals surface area contributed by atoms with Crippen molar-refractivity contribution in [1.82, 2.24) is 15.1 Å². The summed E-state index contributed by atoms with van der Waals surface area (Å²) in [5, 5.41) is 11.9. The van der Waals surface area contributed by atoms with E-state index >= 15 is 0 Å². The van der Waals surface area contributed by atoms with E-state index in [0.717, 1.165) is 31.8 Å². The Morgan fingerprint density at radius 2 is 2.24 bits per heavy atom. The third-order valence-corrected chi connectivity index (χ3v) is 4.05. The summed E-state index contributed by atoms with van der Waals surface area (Å²) in [5.74, 6) is 0.744. The van der Waals surface area contributed by atoms with Crippen LogP contribution in [0.1, 0.15) is 36.0 Å². The summed E-state index contributed by atoms with van der Waals surface area (Å²) < 4.78 is 0. The van der Waals surface area contributed by atoms with Gasteiger partial charge in [-0.3, -0.25) is 4.79 Å². The van der Waals surface area contributed by atoms with Crippen molar-refractivity contribution in [2.45, 2.75) is 26.2 Å². The van der Waals surface area contributed by atoms with Gasteiger partial charge in [0.05, 0.1) is 0 Å². The molecule has 17 heavy (non-hydrogen) atoms. The molecule has 0 saturated carbocycles. The quantitative estimate of drug-likeness (QED) is 0.875. The highest BCUT2D eigenvalue weighted by Gasteiger charge is 2.22.